The highest BCUT2D eigenvalue weighted by atomic mass is 35.5. The van der Waals surface area contributed by atoms with E-state index in [1.165, 1.54) is 23.4 Å². The molecule has 0 fully saturated rings. The Morgan fingerprint density at radius 2 is 2.17 bits per heavy atom. The second kappa shape index (κ2) is 7.59. The van der Waals surface area contributed by atoms with Gasteiger partial charge >= 0.3 is 6.03 Å². The zero-order valence-electron chi connectivity index (χ0n) is 12.8. The standard InChI is InChI=1S/C14H17ClN6O2/c1-20(2)13(22)12-7-11(3-4-16-12)19-14(23)17-5-6-21-9-10(15)8-18-21/h3-4,7-9H,5-6H2,1-2H3,(H2,16,17,19,23). The molecule has 0 aliphatic heterocycles. The van der Waals surface area contributed by atoms with E-state index in [9.17, 15) is 9.59 Å². The van der Waals surface area contributed by atoms with Crippen LogP contribution >= 0.6 is 11.6 Å². The fourth-order valence-corrected chi connectivity index (χ4v) is 1.93. The third-order valence-electron chi connectivity index (χ3n) is 2.87. The third kappa shape index (κ3) is 4.96. The first kappa shape index (κ1) is 16.8. The fourth-order valence-electron chi connectivity index (χ4n) is 1.77. The van der Waals surface area contributed by atoms with Gasteiger partial charge in [0.2, 0.25) is 0 Å². The summed E-state index contributed by atoms with van der Waals surface area (Å²) in [6.45, 7) is 0.888. The largest absolute Gasteiger partial charge is 0.343 e. The van der Waals surface area contributed by atoms with Crippen molar-refractivity contribution in [2.24, 2.45) is 0 Å². The maximum atomic E-state index is 11.8. The van der Waals surface area contributed by atoms with Crippen molar-refractivity contribution in [3.63, 3.8) is 0 Å². The Hall–Kier alpha value is -2.61. The molecule has 0 radical (unpaired) electrons. The number of carbonyl (C=O) groups is 2. The molecule has 0 atom stereocenters. The summed E-state index contributed by atoms with van der Waals surface area (Å²) in [5.74, 6) is -0.232. The normalized spacial score (nSPS) is 10.2. The minimum atomic E-state index is -0.377. The van der Waals surface area contributed by atoms with Gasteiger partial charge in [0.15, 0.2) is 0 Å². The average Bonchev–Trinajstić information content (AvgIpc) is 2.92. The van der Waals surface area contributed by atoms with Crippen molar-refractivity contribution >= 4 is 29.2 Å². The predicted octanol–water partition coefficient (Wildman–Crippen LogP) is 1.45. The van der Waals surface area contributed by atoms with Crippen LogP contribution in [0, 0.1) is 0 Å². The molecule has 2 aromatic heterocycles. The first-order valence-electron chi connectivity index (χ1n) is 6.86. The highest BCUT2D eigenvalue weighted by molar-refractivity contribution is 6.30. The summed E-state index contributed by atoms with van der Waals surface area (Å²) in [6, 6.07) is 2.76. The highest BCUT2D eigenvalue weighted by Crippen LogP contribution is 2.09. The van der Waals surface area contributed by atoms with Crippen LogP contribution < -0.4 is 10.6 Å². The predicted molar refractivity (Wildman–Crippen MR) is 86.5 cm³/mol. The lowest BCUT2D eigenvalue weighted by atomic mass is 10.3. The van der Waals surface area contributed by atoms with Crippen LogP contribution in [0.25, 0.3) is 0 Å². The molecule has 9 heteroatoms. The molecule has 122 valence electrons. The smallest absolute Gasteiger partial charge is 0.319 e. The van der Waals surface area contributed by atoms with Gasteiger partial charge in [-0.25, -0.2) is 4.79 Å². The Bertz CT molecular complexity index is 700. The number of halogens is 1. The molecule has 0 aliphatic carbocycles. The number of hydrogen-bond donors (Lipinski definition) is 2. The lowest BCUT2D eigenvalue weighted by Crippen LogP contribution is -2.31. The van der Waals surface area contributed by atoms with Gasteiger partial charge in [-0.1, -0.05) is 11.6 Å². The maximum Gasteiger partial charge on any atom is 0.319 e. The summed E-state index contributed by atoms with van der Waals surface area (Å²) < 4.78 is 1.63. The molecule has 23 heavy (non-hydrogen) atoms. The lowest BCUT2D eigenvalue weighted by molar-refractivity contribution is 0.0822. The molecule has 0 saturated carbocycles. The number of rotatable bonds is 5. The summed E-state index contributed by atoms with van der Waals surface area (Å²) in [7, 11) is 3.27. The SMILES string of the molecule is CN(C)C(=O)c1cc(NC(=O)NCCn2cc(Cl)cn2)ccn1. The summed E-state index contributed by atoms with van der Waals surface area (Å²) >= 11 is 5.75. The third-order valence-corrected chi connectivity index (χ3v) is 3.07. The van der Waals surface area contributed by atoms with Gasteiger partial charge in [0, 0.05) is 38.7 Å². The summed E-state index contributed by atoms with van der Waals surface area (Å²) in [5, 5.41) is 9.89. The van der Waals surface area contributed by atoms with Crippen LogP contribution in [-0.4, -0.2) is 52.2 Å². The maximum absolute atomic E-state index is 11.8. The molecule has 2 N–H and O–H groups in total. The minimum absolute atomic E-state index is 0.232. The van der Waals surface area contributed by atoms with Crippen LogP contribution in [-0.2, 0) is 6.54 Å². The van der Waals surface area contributed by atoms with Gasteiger partial charge in [-0.2, -0.15) is 5.10 Å². The molecule has 0 saturated heterocycles. The average molecular weight is 337 g/mol. The molecule has 0 aliphatic rings. The van der Waals surface area contributed by atoms with E-state index in [1.54, 1.807) is 31.0 Å². The first-order valence-corrected chi connectivity index (χ1v) is 7.24. The monoisotopic (exact) mass is 336 g/mol. The van der Waals surface area contributed by atoms with Crippen LogP contribution in [0.4, 0.5) is 10.5 Å². The van der Waals surface area contributed by atoms with Crippen molar-refractivity contribution in [3.8, 4) is 0 Å². The van der Waals surface area contributed by atoms with E-state index in [4.69, 9.17) is 11.6 Å². The quantitative estimate of drug-likeness (QED) is 0.864. The van der Waals surface area contributed by atoms with E-state index in [-0.39, 0.29) is 17.6 Å². The second-order valence-electron chi connectivity index (χ2n) is 4.93. The first-order chi connectivity index (χ1) is 11.0. The minimum Gasteiger partial charge on any atom is -0.343 e. The van der Waals surface area contributed by atoms with Crippen LogP contribution in [0.3, 0.4) is 0 Å². The summed E-state index contributed by atoms with van der Waals surface area (Å²) in [5.41, 5.74) is 0.754. The molecular formula is C14H17ClN6O2. The number of pyridine rings is 1. The molecule has 8 nitrogen and oxygen atoms in total. The van der Waals surface area contributed by atoms with E-state index in [2.05, 4.69) is 20.7 Å². The number of hydrogen-bond acceptors (Lipinski definition) is 4. The molecule has 0 spiro atoms. The number of urea groups is 1. The number of nitrogens with zero attached hydrogens (tertiary/aromatic N) is 4. The summed E-state index contributed by atoms with van der Waals surface area (Å²) in [6.07, 6.45) is 4.67. The van der Waals surface area contributed by atoms with Crippen molar-refractivity contribution in [3.05, 3.63) is 41.4 Å². The van der Waals surface area contributed by atoms with Crippen molar-refractivity contribution in [2.45, 2.75) is 6.54 Å². The lowest BCUT2D eigenvalue weighted by Gasteiger charge is -2.11. The molecule has 2 heterocycles. The van der Waals surface area contributed by atoms with E-state index >= 15 is 0 Å². The van der Waals surface area contributed by atoms with E-state index < -0.39 is 0 Å². The van der Waals surface area contributed by atoms with E-state index in [0.717, 1.165) is 0 Å². The van der Waals surface area contributed by atoms with Crippen LogP contribution in [0.15, 0.2) is 30.7 Å². The number of aromatic nitrogens is 3. The Morgan fingerprint density at radius 1 is 1.39 bits per heavy atom. The Balaban J connectivity index is 1.85. The number of carbonyl (C=O) groups excluding carboxylic acids is 2. The highest BCUT2D eigenvalue weighted by Gasteiger charge is 2.10. The zero-order valence-corrected chi connectivity index (χ0v) is 13.5. The number of amides is 3. The Morgan fingerprint density at radius 3 is 2.83 bits per heavy atom. The summed E-state index contributed by atoms with van der Waals surface area (Å²) in [4.78, 5) is 29.1. The fraction of sp³-hybridized carbons (Fsp3) is 0.286. The van der Waals surface area contributed by atoms with E-state index in [0.29, 0.717) is 23.8 Å². The topological polar surface area (TPSA) is 92.2 Å². The van der Waals surface area contributed by atoms with Crippen molar-refractivity contribution in [1.29, 1.82) is 0 Å². The second-order valence-corrected chi connectivity index (χ2v) is 5.37. The number of nitrogens with one attached hydrogen (secondary N) is 2. The molecule has 0 unspecified atom stereocenters. The molecule has 3 amide bonds. The van der Waals surface area contributed by atoms with E-state index in [1.807, 2.05) is 0 Å². The van der Waals surface area contributed by atoms with Crippen molar-refractivity contribution in [2.75, 3.05) is 26.0 Å². The van der Waals surface area contributed by atoms with Gasteiger partial charge in [-0.3, -0.25) is 14.5 Å². The number of anilines is 1. The van der Waals surface area contributed by atoms with Gasteiger partial charge in [0.05, 0.1) is 17.8 Å². The van der Waals surface area contributed by atoms with Crippen LogP contribution in [0.2, 0.25) is 5.02 Å². The van der Waals surface area contributed by atoms with Crippen LogP contribution in [0.1, 0.15) is 10.5 Å². The molecule has 0 bridgehead atoms. The van der Waals surface area contributed by atoms with Crippen molar-refractivity contribution in [1.82, 2.24) is 25.0 Å². The van der Waals surface area contributed by atoms with Gasteiger partial charge in [-0.15, -0.1) is 0 Å². The molecular weight excluding hydrogens is 320 g/mol. The van der Waals surface area contributed by atoms with Gasteiger partial charge < -0.3 is 15.5 Å². The zero-order chi connectivity index (χ0) is 16.8. The molecule has 0 aromatic carbocycles. The van der Waals surface area contributed by atoms with Crippen molar-refractivity contribution < 1.29 is 9.59 Å². The Kier molecular flexibility index (Phi) is 5.53. The molecule has 2 aromatic rings. The molecule has 2 rings (SSSR count). The van der Waals surface area contributed by atoms with Gasteiger partial charge in [0.1, 0.15) is 5.69 Å². The Labute approximate surface area is 138 Å². The van der Waals surface area contributed by atoms with Crippen LogP contribution in [0.5, 0.6) is 0 Å². The van der Waals surface area contributed by atoms with Gasteiger partial charge in [-0.05, 0) is 12.1 Å². The van der Waals surface area contributed by atoms with Gasteiger partial charge in [0.25, 0.3) is 5.91 Å².